The van der Waals surface area contributed by atoms with Crippen LogP contribution in [0.3, 0.4) is 0 Å². The third-order valence-corrected chi connectivity index (χ3v) is 2.95. The summed E-state index contributed by atoms with van der Waals surface area (Å²) in [6, 6.07) is 7.80. The maximum absolute atomic E-state index is 9.31. The van der Waals surface area contributed by atoms with Crippen LogP contribution in [0.25, 0.3) is 5.69 Å². The van der Waals surface area contributed by atoms with Gasteiger partial charge in [-0.15, -0.1) is 0 Å². The molecule has 0 saturated carbocycles. The van der Waals surface area contributed by atoms with Gasteiger partial charge in [-0.3, -0.25) is 0 Å². The Kier molecular flexibility index (Phi) is 3.12. The van der Waals surface area contributed by atoms with E-state index in [2.05, 4.69) is 21.0 Å². The van der Waals surface area contributed by atoms with E-state index in [0.29, 0.717) is 0 Å². The topological polar surface area (TPSA) is 38.0 Å². The van der Waals surface area contributed by atoms with Crippen LogP contribution >= 0.6 is 15.9 Å². The summed E-state index contributed by atoms with van der Waals surface area (Å²) in [4.78, 5) is 0. The van der Waals surface area contributed by atoms with Crippen LogP contribution in [0.15, 0.2) is 28.7 Å². The molecule has 0 atom stereocenters. The Hall–Kier alpha value is -1.13. The fraction of sp³-hybridized carbons (Fsp3) is 0.250. The molecule has 16 heavy (non-hydrogen) atoms. The van der Waals surface area contributed by atoms with Crippen LogP contribution in [0, 0.1) is 13.8 Å². The number of hydrogen-bond donors (Lipinski definition) is 1. The fourth-order valence-electron chi connectivity index (χ4n) is 1.74. The van der Waals surface area contributed by atoms with Crippen molar-refractivity contribution in [3.63, 3.8) is 0 Å². The van der Waals surface area contributed by atoms with E-state index in [1.165, 1.54) is 0 Å². The first kappa shape index (κ1) is 11.4. The molecule has 0 spiro atoms. The van der Waals surface area contributed by atoms with Crippen LogP contribution in [0.2, 0.25) is 0 Å². The average molecular weight is 281 g/mol. The predicted octanol–water partition coefficient (Wildman–Crippen LogP) is 2.74. The van der Waals surface area contributed by atoms with E-state index in [1.54, 1.807) is 0 Å². The highest BCUT2D eigenvalue weighted by atomic mass is 79.9. The molecule has 0 amide bonds. The number of aliphatic hydroxyl groups excluding tert-OH is 1. The van der Waals surface area contributed by atoms with E-state index in [4.69, 9.17) is 0 Å². The van der Waals surface area contributed by atoms with Gasteiger partial charge < -0.3 is 5.11 Å². The molecule has 0 aliphatic rings. The molecule has 1 heterocycles. The number of hydrogen-bond acceptors (Lipinski definition) is 2. The number of rotatable bonds is 2. The zero-order valence-corrected chi connectivity index (χ0v) is 10.8. The number of aromatic nitrogens is 2. The monoisotopic (exact) mass is 280 g/mol. The SMILES string of the molecule is Cc1cc(C)n(-c2cc(Br)ccc2CO)n1. The van der Waals surface area contributed by atoms with Crippen LogP contribution in [0.4, 0.5) is 0 Å². The average Bonchev–Trinajstić information content (AvgIpc) is 2.57. The highest BCUT2D eigenvalue weighted by Gasteiger charge is 2.08. The second kappa shape index (κ2) is 4.39. The maximum atomic E-state index is 9.31. The molecule has 3 nitrogen and oxygen atoms in total. The van der Waals surface area contributed by atoms with Crippen LogP contribution in [-0.2, 0) is 6.61 Å². The van der Waals surface area contributed by atoms with Crippen LogP contribution in [-0.4, -0.2) is 14.9 Å². The van der Waals surface area contributed by atoms with Gasteiger partial charge in [-0.1, -0.05) is 22.0 Å². The van der Waals surface area contributed by atoms with Crippen molar-refractivity contribution < 1.29 is 5.11 Å². The minimum atomic E-state index is 0.0148. The summed E-state index contributed by atoms with van der Waals surface area (Å²) < 4.78 is 2.83. The molecule has 0 aliphatic heterocycles. The van der Waals surface area contributed by atoms with E-state index in [1.807, 2.05) is 42.8 Å². The standard InChI is InChI=1S/C12H13BrN2O/c1-8-5-9(2)15(14-8)12-6-11(13)4-3-10(12)7-16/h3-6,16H,7H2,1-2H3. The lowest BCUT2D eigenvalue weighted by Gasteiger charge is -2.09. The molecule has 84 valence electrons. The van der Waals surface area contributed by atoms with Crippen molar-refractivity contribution in [1.82, 2.24) is 9.78 Å². The van der Waals surface area contributed by atoms with Crippen molar-refractivity contribution in [3.05, 3.63) is 45.7 Å². The Morgan fingerprint density at radius 3 is 2.62 bits per heavy atom. The minimum Gasteiger partial charge on any atom is -0.392 e. The van der Waals surface area contributed by atoms with Gasteiger partial charge in [0.2, 0.25) is 0 Å². The third-order valence-electron chi connectivity index (χ3n) is 2.46. The predicted molar refractivity (Wildman–Crippen MR) is 66.7 cm³/mol. The molecule has 0 aliphatic carbocycles. The lowest BCUT2D eigenvalue weighted by molar-refractivity contribution is 0.281. The molecule has 0 fully saturated rings. The number of halogens is 1. The summed E-state index contributed by atoms with van der Waals surface area (Å²) in [7, 11) is 0. The van der Waals surface area contributed by atoms with Gasteiger partial charge in [0.25, 0.3) is 0 Å². The minimum absolute atomic E-state index is 0.0148. The van der Waals surface area contributed by atoms with E-state index < -0.39 is 0 Å². The molecule has 2 aromatic rings. The molecular formula is C12H13BrN2O. The molecule has 4 heteroatoms. The lowest BCUT2D eigenvalue weighted by Crippen LogP contribution is -2.03. The molecule has 2 rings (SSSR count). The molecule has 0 radical (unpaired) electrons. The summed E-state index contributed by atoms with van der Waals surface area (Å²) in [5, 5.41) is 13.7. The van der Waals surface area contributed by atoms with Gasteiger partial charge in [0.1, 0.15) is 0 Å². The van der Waals surface area contributed by atoms with Crippen molar-refractivity contribution >= 4 is 15.9 Å². The Morgan fingerprint density at radius 1 is 1.31 bits per heavy atom. The molecule has 0 saturated heterocycles. The van der Waals surface area contributed by atoms with Crippen LogP contribution < -0.4 is 0 Å². The van der Waals surface area contributed by atoms with Gasteiger partial charge in [-0.2, -0.15) is 5.10 Å². The van der Waals surface area contributed by atoms with Crippen LogP contribution in [0.1, 0.15) is 17.0 Å². The maximum Gasteiger partial charge on any atom is 0.0715 e. The third kappa shape index (κ3) is 2.03. The van der Waals surface area contributed by atoms with Crippen molar-refractivity contribution in [2.75, 3.05) is 0 Å². The van der Waals surface area contributed by atoms with Gasteiger partial charge in [-0.05, 0) is 32.0 Å². The zero-order valence-electron chi connectivity index (χ0n) is 9.24. The molecule has 0 bridgehead atoms. The normalized spacial score (nSPS) is 10.8. The van der Waals surface area contributed by atoms with Crippen molar-refractivity contribution in [1.29, 1.82) is 0 Å². The quantitative estimate of drug-likeness (QED) is 0.919. The summed E-state index contributed by atoms with van der Waals surface area (Å²) in [6.07, 6.45) is 0. The number of aryl methyl sites for hydroxylation is 2. The van der Waals surface area contributed by atoms with Crippen LogP contribution in [0.5, 0.6) is 0 Å². The largest absolute Gasteiger partial charge is 0.392 e. The summed E-state index contributed by atoms with van der Waals surface area (Å²) in [5.74, 6) is 0. The van der Waals surface area contributed by atoms with Gasteiger partial charge in [0.05, 0.1) is 18.0 Å². The summed E-state index contributed by atoms with van der Waals surface area (Å²) in [6.45, 7) is 3.98. The molecule has 0 unspecified atom stereocenters. The van der Waals surface area contributed by atoms with Crippen molar-refractivity contribution in [2.45, 2.75) is 20.5 Å². The zero-order chi connectivity index (χ0) is 11.7. The summed E-state index contributed by atoms with van der Waals surface area (Å²) in [5.41, 5.74) is 3.82. The second-order valence-electron chi connectivity index (χ2n) is 3.77. The summed E-state index contributed by atoms with van der Waals surface area (Å²) >= 11 is 3.43. The van der Waals surface area contributed by atoms with E-state index in [0.717, 1.165) is 27.1 Å². The lowest BCUT2D eigenvalue weighted by atomic mass is 10.2. The smallest absolute Gasteiger partial charge is 0.0715 e. The van der Waals surface area contributed by atoms with Gasteiger partial charge in [0, 0.05) is 15.7 Å². The van der Waals surface area contributed by atoms with Crippen molar-refractivity contribution in [3.8, 4) is 5.69 Å². The highest BCUT2D eigenvalue weighted by Crippen LogP contribution is 2.21. The Labute approximate surface area is 103 Å². The Bertz CT molecular complexity index is 520. The fourth-order valence-corrected chi connectivity index (χ4v) is 2.09. The van der Waals surface area contributed by atoms with Gasteiger partial charge in [0.15, 0.2) is 0 Å². The molecular weight excluding hydrogens is 268 g/mol. The molecule has 1 N–H and O–H groups in total. The number of aliphatic hydroxyl groups is 1. The Balaban J connectivity index is 2.62. The van der Waals surface area contributed by atoms with Crippen molar-refractivity contribution in [2.24, 2.45) is 0 Å². The first-order valence-electron chi connectivity index (χ1n) is 5.04. The number of benzene rings is 1. The first-order chi connectivity index (χ1) is 7.61. The van der Waals surface area contributed by atoms with E-state index in [-0.39, 0.29) is 6.61 Å². The number of nitrogens with zero attached hydrogens (tertiary/aromatic N) is 2. The molecule has 1 aromatic carbocycles. The molecule has 1 aromatic heterocycles. The van der Waals surface area contributed by atoms with E-state index >= 15 is 0 Å². The Morgan fingerprint density at radius 2 is 2.06 bits per heavy atom. The highest BCUT2D eigenvalue weighted by molar-refractivity contribution is 9.10. The van der Waals surface area contributed by atoms with E-state index in [9.17, 15) is 5.11 Å². The second-order valence-corrected chi connectivity index (χ2v) is 4.69. The van der Waals surface area contributed by atoms with Gasteiger partial charge in [-0.25, -0.2) is 4.68 Å². The van der Waals surface area contributed by atoms with Gasteiger partial charge >= 0.3 is 0 Å². The first-order valence-corrected chi connectivity index (χ1v) is 5.84.